The third-order valence-electron chi connectivity index (χ3n) is 5.93. The van der Waals surface area contributed by atoms with Gasteiger partial charge in [0.05, 0.1) is 11.3 Å². The van der Waals surface area contributed by atoms with Crippen molar-refractivity contribution in [2.24, 2.45) is 0 Å². The van der Waals surface area contributed by atoms with Gasteiger partial charge in [0.15, 0.2) is 5.82 Å². The quantitative estimate of drug-likeness (QED) is 0.354. The third kappa shape index (κ3) is 4.92. The highest BCUT2D eigenvalue weighted by Crippen LogP contribution is 2.32. The van der Waals surface area contributed by atoms with Crippen LogP contribution in [0.5, 0.6) is 0 Å². The van der Waals surface area contributed by atoms with Crippen molar-refractivity contribution < 1.29 is 0 Å². The molecule has 0 atom stereocenters. The van der Waals surface area contributed by atoms with Crippen LogP contribution in [0.2, 0.25) is 10.0 Å². The molecule has 1 fully saturated rings. The average molecular weight is 494 g/mol. The second-order valence-electron chi connectivity index (χ2n) is 8.37. The maximum atomic E-state index is 6.22. The summed E-state index contributed by atoms with van der Waals surface area (Å²) in [6.07, 6.45) is 4.47. The standard InChI is InChI=1S/C25H25Cl2N7/c1-2-28-24-23(25-30-31-32-34(25)22-13-20(26)12-21(27)14-22)11-19(15-29-24)18-7-5-17(6-8-18)16-33-9-3-4-10-33/h5-8,11-15H,2-4,9-10,16H2,1H3,(H,28,29). The molecule has 1 saturated heterocycles. The monoisotopic (exact) mass is 493 g/mol. The summed E-state index contributed by atoms with van der Waals surface area (Å²) in [4.78, 5) is 7.20. The van der Waals surface area contributed by atoms with E-state index < -0.39 is 0 Å². The molecule has 34 heavy (non-hydrogen) atoms. The first-order valence-corrected chi connectivity index (χ1v) is 12.2. The smallest absolute Gasteiger partial charge is 0.190 e. The van der Waals surface area contributed by atoms with Crippen molar-refractivity contribution in [1.29, 1.82) is 0 Å². The number of tetrazole rings is 1. The van der Waals surface area contributed by atoms with Crippen LogP contribution in [-0.2, 0) is 6.54 Å². The number of halogens is 2. The molecule has 174 valence electrons. The number of likely N-dealkylation sites (tertiary alicyclic amines) is 1. The van der Waals surface area contributed by atoms with E-state index in [9.17, 15) is 0 Å². The van der Waals surface area contributed by atoms with E-state index in [1.54, 1.807) is 22.9 Å². The van der Waals surface area contributed by atoms with Gasteiger partial charge in [-0.3, -0.25) is 4.90 Å². The fourth-order valence-corrected chi connectivity index (χ4v) is 4.81. The van der Waals surface area contributed by atoms with E-state index in [0.29, 0.717) is 27.4 Å². The number of hydrogen-bond acceptors (Lipinski definition) is 6. The van der Waals surface area contributed by atoms with E-state index in [4.69, 9.17) is 28.2 Å². The van der Waals surface area contributed by atoms with E-state index in [1.807, 2.05) is 13.1 Å². The van der Waals surface area contributed by atoms with Gasteiger partial charge in [0.1, 0.15) is 5.82 Å². The molecule has 1 aliphatic rings. The lowest BCUT2D eigenvalue weighted by Crippen LogP contribution is -2.18. The highest BCUT2D eigenvalue weighted by atomic mass is 35.5. The van der Waals surface area contributed by atoms with Crippen molar-refractivity contribution in [2.75, 3.05) is 25.0 Å². The molecule has 0 unspecified atom stereocenters. The first kappa shape index (κ1) is 22.8. The Morgan fingerprint density at radius 3 is 2.38 bits per heavy atom. The Labute approximate surface area is 208 Å². The van der Waals surface area contributed by atoms with Gasteiger partial charge in [-0.2, -0.15) is 4.68 Å². The number of pyridine rings is 1. The van der Waals surface area contributed by atoms with Crippen LogP contribution in [-0.4, -0.2) is 49.7 Å². The Bertz CT molecular complexity index is 1260. The Kier molecular flexibility index (Phi) is 6.76. The molecule has 7 nitrogen and oxygen atoms in total. The first-order valence-electron chi connectivity index (χ1n) is 11.4. The van der Waals surface area contributed by atoms with Crippen molar-refractivity contribution in [3.8, 4) is 28.2 Å². The van der Waals surface area contributed by atoms with E-state index in [1.165, 1.54) is 31.5 Å². The normalized spacial score (nSPS) is 14.0. The zero-order chi connectivity index (χ0) is 23.5. The Morgan fingerprint density at radius 2 is 1.68 bits per heavy atom. The van der Waals surface area contributed by atoms with Crippen molar-refractivity contribution in [2.45, 2.75) is 26.3 Å². The number of benzene rings is 2. The van der Waals surface area contributed by atoms with Gasteiger partial charge in [-0.05, 0) is 78.7 Å². The molecule has 5 rings (SSSR count). The Morgan fingerprint density at radius 1 is 0.941 bits per heavy atom. The van der Waals surface area contributed by atoms with Crippen molar-refractivity contribution in [3.05, 3.63) is 70.3 Å². The molecule has 0 amide bonds. The molecule has 0 bridgehead atoms. The second-order valence-corrected chi connectivity index (χ2v) is 9.25. The number of rotatable bonds is 7. The number of anilines is 1. The lowest BCUT2D eigenvalue weighted by atomic mass is 10.0. The summed E-state index contributed by atoms with van der Waals surface area (Å²) in [5, 5.41) is 16.7. The van der Waals surface area contributed by atoms with Gasteiger partial charge in [-0.15, -0.1) is 5.10 Å². The van der Waals surface area contributed by atoms with Crippen molar-refractivity contribution in [3.63, 3.8) is 0 Å². The van der Waals surface area contributed by atoms with E-state index >= 15 is 0 Å². The van der Waals surface area contributed by atoms with Gasteiger partial charge < -0.3 is 5.32 Å². The van der Waals surface area contributed by atoms with Crippen molar-refractivity contribution in [1.82, 2.24) is 30.1 Å². The molecular weight excluding hydrogens is 469 g/mol. The molecule has 2 aromatic carbocycles. The highest BCUT2D eigenvalue weighted by Gasteiger charge is 2.18. The van der Waals surface area contributed by atoms with Crippen LogP contribution in [0, 0.1) is 0 Å². The van der Waals surface area contributed by atoms with Gasteiger partial charge in [0, 0.05) is 34.9 Å². The maximum absolute atomic E-state index is 6.22. The van der Waals surface area contributed by atoms with Crippen LogP contribution in [0.15, 0.2) is 54.7 Å². The number of nitrogens with one attached hydrogen (secondary N) is 1. The molecule has 1 aliphatic heterocycles. The summed E-state index contributed by atoms with van der Waals surface area (Å²) >= 11 is 12.4. The van der Waals surface area contributed by atoms with Crippen LogP contribution in [0.25, 0.3) is 28.2 Å². The van der Waals surface area contributed by atoms with E-state index in [2.05, 4.69) is 56.1 Å². The lowest BCUT2D eigenvalue weighted by Gasteiger charge is -2.15. The molecule has 0 spiro atoms. The number of hydrogen-bond donors (Lipinski definition) is 1. The van der Waals surface area contributed by atoms with E-state index in [0.717, 1.165) is 29.8 Å². The SMILES string of the molecule is CCNc1ncc(-c2ccc(CN3CCCC3)cc2)cc1-c1nnnn1-c1cc(Cl)cc(Cl)c1. The molecule has 0 saturated carbocycles. The van der Waals surface area contributed by atoms with Gasteiger partial charge in [-0.1, -0.05) is 47.5 Å². The van der Waals surface area contributed by atoms with Gasteiger partial charge in [-0.25, -0.2) is 4.98 Å². The van der Waals surface area contributed by atoms with Gasteiger partial charge in [0.2, 0.25) is 0 Å². The highest BCUT2D eigenvalue weighted by molar-refractivity contribution is 6.34. The summed E-state index contributed by atoms with van der Waals surface area (Å²) in [6.45, 7) is 6.12. The first-order chi connectivity index (χ1) is 16.6. The maximum Gasteiger partial charge on any atom is 0.190 e. The van der Waals surface area contributed by atoms with Gasteiger partial charge >= 0.3 is 0 Å². The molecule has 0 aliphatic carbocycles. The summed E-state index contributed by atoms with van der Waals surface area (Å²) in [5.41, 5.74) is 4.87. The number of nitrogens with zero attached hydrogens (tertiary/aromatic N) is 6. The molecule has 3 heterocycles. The van der Waals surface area contributed by atoms with E-state index in [-0.39, 0.29) is 0 Å². The fraction of sp³-hybridized carbons (Fsp3) is 0.280. The zero-order valence-corrected chi connectivity index (χ0v) is 20.4. The minimum atomic E-state index is 0.511. The summed E-state index contributed by atoms with van der Waals surface area (Å²) < 4.78 is 1.62. The predicted octanol–water partition coefficient (Wildman–Crippen LogP) is 5.73. The minimum Gasteiger partial charge on any atom is -0.370 e. The van der Waals surface area contributed by atoms with Crippen LogP contribution >= 0.6 is 23.2 Å². The lowest BCUT2D eigenvalue weighted by molar-refractivity contribution is 0.331. The molecule has 1 N–H and O–H groups in total. The van der Waals surface area contributed by atoms with Crippen LogP contribution in [0.3, 0.4) is 0 Å². The molecule has 4 aromatic rings. The van der Waals surface area contributed by atoms with Crippen LogP contribution in [0.4, 0.5) is 5.82 Å². The van der Waals surface area contributed by atoms with Crippen molar-refractivity contribution >= 4 is 29.0 Å². The Hall–Kier alpha value is -3.00. The fourth-order valence-electron chi connectivity index (χ4n) is 4.29. The van der Waals surface area contributed by atoms with Crippen LogP contribution in [0.1, 0.15) is 25.3 Å². The summed E-state index contributed by atoms with van der Waals surface area (Å²) in [5.74, 6) is 1.26. The summed E-state index contributed by atoms with van der Waals surface area (Å²) in [7, 11) is 0. The number of aromatic nitrogens is 5. The van der Waals surface area contributed by atoms with Crippen LogP contribution < -0.4 is 5.32 Å². The molecular formula is C25H25Cl2N7. The molecule has 9 heteroatoms. The average Bonchev–Trinajstić information content (AvgIpc) is 3.52. The summed E-state index contributed by atoms with van der Waals surface area (Å²) in [6, 6.07) is 16.0. The van der Waals surface area contributed by atoms with Gasteiger partial charge in [0.25, 0.3) is 0 Å². The second kappa shape index (κ2) is 10.1. The third-order valence-corrected chi connectivity index (χ3v) is 6.36. The molecule has 2 aromatic heterocycles. The largest absolute Gasteiger partial charge is 0.370 e. The molecule has 0 radical (unpaired) electrons. The zero-order valence-electron chi connectivity index (χ0n) is 18.9. The Balaban J connectivity index is 1.51. The minimum absolute atomic E-state index is 0.511. The topological polar surface area (TPSA) is 71.8 Å². The predicted molar refractivity (Wildman–Crippen MR) is 137 cm³/mol.